The Bertz CT molecular complexity index is 1180. The zero-order chi connectivity index (χ0) is 27.4. The van der Waals surface area contributed by atoms with Crippen molar-refractivity contribution in [2.24, 2.45) is 0 Å². The van der Waals surface area contributed by atoms with Crippen LogP contribution in [0, 0.1) is 0 Å². The molecule has 0 saturated heterocycles. The molecule has 0 amide bonds. The molecule has 0 fully saturated rings. The number of aromatic nitrogens is 2. The van der Waals surface area contributed by atoms with Crippen molar-refractivity contribution in [2.75, 3.05) is 11.4 Å². The van der Waals surface area contributed by atoms with Gasteiger partial charge in [0.25, 0.3) is 0 Å². The van der Waals surface area contributed by atoms with Gasteiger partial charge in [-0.2, -0.15) is 0 Å². The molecule has 0 saturated carbocycles. The lowest BCUT2D eigenvalue weighted by molar-refractivity contribution is -0.274. The van der Waals surface area contributed by atoms with Crippen LogP contribution in [0.4, 0.5) is 19.1 Å². The summed E-state index contributed by atoms with van der Waals surface area (Å²) in [6.07, 6.45) is -0.342. The van der Waals surface area contributed by atoms with Crippen LogP contribution < -0.4 is 14.4 Å². The highest BCUT2D eigenvalue weighted by molar-refractivity contribution is 6.32. The molecule has 200 valence electrons. The molecule has 0 radical (unpaired) electrons. The smallest absolute Gasteiger partial charge is 0.487 e. The van der Waals surface area contributed by atoms with Gasteiger partial charge in [0.05, 0.1) is 5.02 Å². The molecule has 9 heteroatoms. The van der Waals surface area contributed by atoms with Gasteiger partial charge in [-0.3, -0.25) is 0 Å². The molecule has 5 nitrogen and oxygen atoms in total. The number of aryl methyl sites for hydroxylation is 1. The van der Waals surface area contributed by atoms with Crippen molar-refractivity contribution in [2.45, 2.75) is 71.9 Å². The van der Waals surface area contributed by atoms with Crippen molar-refractivity contribution >= 4 is 17.5 Å². The average molecular weight is 536 g/mol. The van der Waals surface area contributed by atoms with Gasteiger partial charge in [0.2, 0.25) is 5.95 Å². The van der Waals surface area contributed by atoms with E-state index in [1.165, 1.54) is 12.1 Å². The summed E-state index contributed by atoms with van der Waals surface area (Å²) in [5, 5.41) is 0.524. The quantitative estimate of drug-likeness (QED) is 0.280. The average Bonchev–Trinajstić information content (AvgIpc) is 2.79. The summed E-state index contributed by atoms with van der Waals surface area (Å²) in [7, 11) is 0. The highest BCUT2D eigenvalue weighted by atomic mass is 35.5. The van der Waals surface area contributed by atoms with Crippen LogP contribution in [0.1, 0.15) is 58.2 Å². The second-order valence-electron chi connectivity index (χ2n) is 10.5. The molecular formula is C28H33ClF3N3O2. The van der Waals surface area contributed by atoms with Crippen molar-refractivity contribution in [1.29, 1.82) is 0 Å². The third-order valence-corrected chi connectivity index (χ3v) is 5.92. The fourth-order valence-corrected chi connectivity index (χ4v) is 4.03. The van der Waals surface area contributed by atoms with Gasteiger partial charge in [-0.15, -0.1) is 13.2 Å². The lowest BCUT2D eigenvalue weighted by atomic mass is 9.84. The molecule has 0 bridgehead atoms. The number of ether oxygens (including phenoxy) is 2. The maximum Gasteiger partial charge on any atom is 0.573 e. The first-order valence-electron chi connectivity index (χ1n) is 12.0. The second-order valence-corrected chi connectivity index (χ2v) is 10.9. The number of hydrogen-bond donors (Lipinski definition) is 0. The van der Waals surface area contributed by atoms with E-state index in [-0.39, 0.29) is 16.8 Å². The number of nitrogens with zero attached hydrogens (tertiary/aromatic N) is 3. The van der Waals surface area contributed by atoms with Gasteiger partial charge in [0.15, 0.2) is 0 Å². The first-order valence-corrected chi connectivity index (χ1v) is 12.4. The molecule has 3 aromatic rings. The van der Waals surface area contributed by atoms with E-state index >= 15 is 0 Å². The molecule has 3 rings (SSSR count). The van der Waals surface area contributed by atoms with Gasteiger partial charge in [-0.25, -0.2) is 9.97 Å². The topological polar surface area (TPSA) is 47.5 Å². The Morgan fingerprint density at radius 1 is 0.865 bits per heavy atom. The van der Waals surface area contributed by atoms with Crippen LogP contribution in [0.5, 0.6) is 11.5 Å². The van der Waals surface area contributed by atoms with Crippen molar-refractivity contribution in [3.63, 3.8) is 0 Å². The van der Waals surface area contributed by atoms with Crippen LogP contribution in [0.25, 0.3) is 0 Å². The Kier molecular flexibility index (Phi) is 8.63. The summed E-state index contributed by atoms with van der Waals surface area (Å²) in [5.41, 5.74) is 2.05. The number of rotatable bonds is 9. The molecule has 0 aliphatic rings. The van der Waals surface area contributed by atoms with E-state index < -0.39 is 6.36 Å². The highest BCUT2D eigenvalue weighted by Gasteiger charge is 2.31. The fraction of sp³-hybridized carbons (Fsp3) is 0.429. The van der Waals surface area contributed by atoms with Crippen LogP contribution >= 0.6 is 11.6 Å². The second kappa shape index (κ2) is 11.2. The van der Waals surface area contributed by atoms with Crippen molar-refractivity contribution in [1.82, 2.24) is 9.97 Å². The lowest BCUT2D eigenvalue weighted by Crippen LogP contribution is -2.37. The van der Waals surface area contributed by atoms with E-state index in [2.05, 4.69) is 28.6 Å². The van der Waals surface area contributed by atoms with Crippen LogP contribution in [0.15, 0.2) is 54.9 Å². The number of anilines is 1. The summed E-state index contributed by atoms with van der Waals surface area (Å²) in [6.45, 7) is 13.0. The third kappa shape index (κ3) is 8.52. The van der Waals surface area contributed by atoms with Crippen LogP contribution in [-0.4, -0.2) is 28.5 Å². The summed E-state index contributed by atoms with van der Waals surface area (Å²) in [6, 6.07) is 11.6. The van der Waals surface area contributed by atoms with Crippen molar-refractivity contribution in [3.05, 3.63) is 76.6 Å². The molecule has 37 heavy (non-hydrogen) atoms. The predicted molar refractivity (Wildman–Crippen MR) is 140 cm³/mol. The van der Waals surface area contributed by atoms with Crippen LogP contribution in [0.2, 0.25) is 5.02 Å². The SMILES string of the molecule is CCc1cnc(N(Cc2ccc(OC(F)(F)F)cc2)CC(C)(C)c2ccc(OC(C)(C)C)c(Cl)c2)nc1. The molecule has 2 aromatic carbocycles. The van der Waals surface area contributed by atoms with Crippen LogP contribution in [-0.2, 0) is 18.4 Å². The molecule has 0 aliphatic carbocycles. The molecule has 0 N–H and O–H groups in total. The normalized spacial score (nSPS) is 12.4. The molecule has 0 atom stereocenters. The Hall–Kier alpha value is -3.00. The highest BCUT2D eigenvalue weighted by Crippen LogP contribution is 2.34. The van der Waals surface area contributed by atoms with Gasteiger partial charge in [-0.05, 0) is 68.1 Å². The van der Waals surface area contributed by atoms with E-state index in [0.29, 0.717) is 29.8 Å². The minimum Gasteiger partial charge on any atom is -0.487 e. The summed E-state index contributed by atoms with van der Waals surface area (Å²) >= 11 is 6.56. The van der Waals surface area contributed by atoms with E-state index in [9.17, 15) is 13.2 Å². The van der Waals surface area contributed by atoms with E-state index in [4.69, 9.17) is 16.3 Å². The first kappa shape index (κ1) is 28.6. The standard InChI is InChI=1S/C28H33ClF3N3O2/c1-7-19-15-33-25(34-16-19)35(17-20-8-11-22(12-9-20)36-28(30,31)32)18-27(5,6)21-10-13-24(23(29)14-21)37-26(2,3)4/h8-16H,7,17-18H2,1-6H3. The molecule has 0 unspecified atom stereocenters. The summed E-state index contributed by atoms with van der Waals surface area (Å²) < 4.78 is 47.6. The number of hydrogen-bond acceptors (Lipinski definition) is 5. The van der Waals surface area contributed by atoms with Crippen molar-refractivity contribution < 1.29 is 22.6 Å². The van der Waals surface area contributed by atoms with E-state index in [0.717, 1.165) is 23.1 Å². The lowest BCUT2D eigenvalue weighted by Gasteiger charge is -2.34. The van der Waals surface area contributed by atoms with E-state index in [1.54, 1.807) is 24.5 Å². The number of halogens is 4. The fourth-order valence-electron chi connectivity index (χ4n) is 3.81. The zero-order valence-electron chi connectivity index (χ0n) is 22.0. The molecule has 1 aromatic heterocycles. The van der Waals surface area contributed by atoms with E-state index in [1.807, 2.05) is 50.8 Å². The summed E-state index contributed by atoms with van der Waals surface area (Å²) in [5.74, 6) is 0.879. The minimum atomic E-state index is -4.73. The zero-order valence-corrected chi connectivity index (χ0v) is 22.7. The summed E-state index contributed by atoms with van der Waals surface area (Å²) in [4.78, 5) is 11.1. The van der Waals surface area contributed by atoms with Gasteiger partial charge < -0.3 is 14.4 Å². The Morgan fingerprint density at radius 2 is 1.49 bits per heavy atom. The molecular weight excluding hydrogens is 503 g/mol. The Labute approximate surface area is 221 Å². The van der Waals surface area contributed by atoms with Gasteiger partial charge >= 0.3 is 6.36 Å². The first-order chi connectivity index (χ1) is 17.1. The molecule has 0 spiro atoms. The third-order valence-electron chi connectivity index (χ3n) is 5.63. The van der Waals surface area contributed by atoms with Gasteiger partial charge in [0.1, 0.15) is 17.1 Å². The number of alkyl halides is 3. The molecule has 1 heterocycles. The van der Waals surface area contributed by atoms with Crippen LogP contribution in [0.3, 0.4) is 0 Å². The maximum absolute atomic E-state index is 12.6. The minimum absolute atomic E-state index is 0.265. The Morgan fingerprint density at radius 3 is 2.00 bits per heavy atom. The monoisotopic (exact) mass is 535 g/mol. The molecule has 0 aliphatic heterocycles. The van der Waals surface area contributed by atoms with Crippen molar-refractivity contribution in [3.8, 4) is 11.5 Å². The maximum atomic E-state index is 12.6. The van der Waals surface area contributed by atoms with Gasteiger partial charge in [-0.1, -0.05) is 50.6 Å². The number of benzene rings is 2. The largest absolute Gasteiger partial charge is 0.573 e. The van der Waals surface area contributed by atoms with Gasteiger partial charge in [0, 0.05) is 30.9 Å². The Balaban J connectivity index is 1.88. The predicted octanol–water partition coefficient (Wildman–Crippen LogP) is 7.75.